The fraction of sp³-hybridized carbons (Fsp3) is 0.569. The summed E-state index contributed by atoms with van der Waals surface area (Å²) < 4.78 is 32.1. The van der Waals surface area contributed by atoms with Crippen LogP contribution in [0.1, 0.15) is 185 Å². The van der Waals surface area contributed by atoms with Crippen LogP contribution in [0.15, 0.2) is 132 Å². The largest absolute Gasteiger partial charge is 0.466 e. The van der Waals surface area contributed by atoms with Crippen molar-refractivity contribution in [2.24, 2.45) is 5.92 Å². The highest BCUT2D eigenvalue weighted by Crippen LogP contribution is 2.36. The minimum Gasteiger partial charge on any atom is -0.466 e. The average molecular weight is 1050 g/mol. The molecule has 10 heteroatoms. The van der Waals surface area contributed by atoms with E-state index in [1.807, 2.05) is 78.8 Å². The van der Waals surface area contributed by atoms with Crippen molar-refractivity contribution >= 4 is 23.9 Å². The SMILES string of the molecule is C#C.C=C(C)CC.C=CC(=O)OCCCCCCOC/C=C\COC(=O)C/C(=C\C(=C/C)CC/C=C/C1=C/C=C/CCC(/C=C\COC(=O)C/C=C\COCCCCCCOC(C)=O)=C\1)C1CCC1.CC.CC.CC. The van der Waals surface area contributed by atoms with Gasteiger partial charge in [-0.3, -0.25) is 14.4 Å². The van der Waals surface area contributed by atoms with Crippen molar-refractivity contribution in [3.05, 3.63) is 132 Å². The molecule has 0 bridgehead atoms. The van der Waals surface area contributed by atoms with Crippen LogP contribution in [-0.2, 0) is 47.6 Å². The number of hydrogen-bond acceptors (Lipinski definition) is 10. The standard InChI is InChI=1S/C52H74O10.C5H10.3C2H6.C2H2/c1-4-45(42-49(48-30-23-31-48)43-52(56)62-39-22-21-36-58-34-17-7-9-19-38-60-50(54)5-2)25-13-14-28-46-26-11-10-12-27-47(41-46)29-24-40-61-51(55)32-15-20-35-57-33-16-6-8-18-37-59-44(3)53;1-4-5(2)3;4*1-2/h4-5,10-11,14-15,20-22,24,26,28-29,41-42,48H,2,6-9,12-13,16-19,23,25,27,30-40,43H2,1,3H3;2,4H2,1,3H3;3*1-2H3;1-2H/b11-10+,20-15-,22-21-,28-14+,29-24-,45-4-,46-26-,47-41+,49-42+;;;;;. The van der Waals surface area contributed by atoms with Crippen LogP contribution < -0.4 is 0 Å². The van der Waals surface area contributed by atoms with Crippen LogP contribution in [0.5, 0.6) is 0 Å². The molecule has 0 atom stereocenters. The number of allylic oxidation sites excluding steroid dienone is 13. The highest BCUT2D eigenvalue weighted by Gasteiger charge is 2.24. The monoisotopic (exact) mass is 1040 g/mol. The molecule has 0 aromatic heterocycles. The van der Waals surface area contributed by atoms with Gasteiger partial charge in [0, 0.05) is 26.2 Å². The Bertz CT molecular complexity index is 1760. The Morgan fingerprint density at radius 2 is 1.24 bits per heavy atom. The summed E-state index contributed by atoms with van der Waals surface area (Å²) in [6.45, 7) is 30.3. The first-order valence-corrected chi connectivity index (χ1v) is 28.0. The Morgan fingerprint density at radius 1 is 0.693 bits per heavy atom. The van der Waals surface area contributed by atoms with Gasteiger partial charge in [-0.1, -0.05) is 164 Å². The van der Waals surface area contributed by atoms with E-state index in [-0.39, 0.29) is 43.5 Å². The van der Waals surface area contributed by atoms with Crippen LogP contribution in [0.2, 0.25) is 0 Å². The van der Waals surface area contributed by atoms with Gasteiger partial charge >= 0.3 is 23.9 Å². The van der Waals surface area contributed by atoms with Crippen LogP contribution in [0.25, 0.3) is 0 Å². The lowest BCUT2D eigenvalue weighted by molar-refractivity contribution is -0.142. The summed E-state index contributed by atoms with van der Waals surface area (Å²) in [6.07, 6.45) is 54.0. The van der Waals surface area contributed by atoms with Crippen LogP contribution >= 0.6 is 0 Å². The second kappa shape index (κ2) is 61.1. The summed E-state index contributed by atoms with van der Waals surface area (Å²) in [6, 6.07) is 0. The number of unbranched alkanes of at least 4 members (excludes halogenated alkanes) is 6. The third-order valence-corrected chi connectivity index (χ3v) is 10.8. The van der Waals surface area contributed by atoms with Crippen molar-refractivity contribution in [3.63, 3.8) is 0 Å². The molecule has 424 valence electrons. The van der Waals surface area contributed by atoms with E-state index in [4.69, 9.17) is 28.4 Å². The summed E-state index contributed by atoms with van der Waals surface area (Å²) >= 11 is 0. The summed E-state index contributed by atoms with van der Waals surface area (Å²) in [5.41, 5.74) is 5.92. The fourth-order valence-corrected chi connectivity index (χ4v) is 6.41. The number of ether oxygens (including phenoxy) is 6. The Morgan fingerprint density at radius 3 is 1.79 bits per heavy atom. The molecule has 2 aliphatic rings. The number of esters is 4. The van der Waals surface area contributed by atoms with E-state index in [0.717, 1.165) is 107 Å². The zero-order valence-electron chi connectivity index (χ0n) is 48.8. The third kappa shape index (κ3) is 53.1. The van der Waals surface area contributed by atoms with Crippen molar-refractivity contribution in [1.29, 1.82) is 0 Å². The highest BCUT2D eigenvalue weighted by atomic mass is 16.5. The summed E-state index contributed by atoms with van der Waals surface area (Å²) in [4.78, 5) is 46.8. The quantitative estimate of drug-likeness (QED) is 0.0115. The van der Waals surface area contributed by atoms with E-state index in [1.54, 1.807) is 6.08 Å². The first-order chi connectivity index (χ1) is 36.6. The van der Waals surface area contributed by atoms with Gasteiger partial charge in [0.15, 0.2) is 0 Å². The lowest BCUT2D eigenvalue weighted by atomic mass is 9.77. The van der Waals surface area contributed by atoms with Crippen molar-refractivity contribution in [3.8, 4) is 12.8 Å². The zero-order chi connectivity index (χ0) is 57.0. The molecular formula is C65H104O10. The molecule has 2 aliphatic carbocycles. The van der Waals surface area contributed by atoms with Crippen molar-refractivity contribution in [1.82, 2.24) is 0 Å². The summed E-state index contributed by atoms with van der Waals surface area (Å²) in [5.74, 6) is -0.659. The lowest BCUT2D eigenvalue weighted by Crippen LogP contribution is -2.17. The predicted octanol–water partition coefficient (Wildman–Crippen LogP) is 16.5. The number of carbonyl (C=O) groups is 4. The maximum atomic E-state index is 12.8. The average Bonchev–Trinajstić information content (AvgIpc) is 3.40. The highest BCUT2D eigenvalue weighted by molar-refractivity contribution is 5.81. The molecular weight excluding hydrogens is 941 g/mol. The molecule has 75 heavy (non-hydrogen) atoms. The van der Waals surface area contributed by atoms with Gasteiger partial charge in [-0.25, -0.2) is 4.79 Å². The number of terminal acetylenes is 1. The molecule has 0 spiro atoms. The molecule has 0 aromatic carbocycles. The van der Waals surface area contributed by atoms with Gasteiger partial charge in [0.1, 0.15) is 13.2 Å². The molecule has 0 heterocycles. The predicted molar refractivity (Wildman–Crippen MR) is 316 cm³/mol. The Hall–Kier alpha value is -5.50. The maximum Gasteiger partial charge on any atom is 0.330 e. The van der Waals surface area contributed by atoms with E-state index >= 15 is 0 Å². The number of carbonyl (C=O) groups excluding carboxylic acids is 4. The normalized spacial score (nSPS) is 15.0. The number of hydrogen-bond donors (Lipinski definition) is 0. The van der Waals surface area contributed by atoms with Gasteiger partial charge in [-0.2, -0.15) is 0 Å². The van der Waals surface area contributed by atoms with Gasteiger partial charge in [0.2, 0.25) is 0 Å². The Labute approximate surface area is 458 Å². The smallest absolute Gasteiger partial charge is 0.330 e. The lowest BCUT2D eigenvalue weighted by Gasteiger charge is -2.28. The first-order valence-electron chi connectivity index (χ1n) is 28.0. The fourth-order valence-electron chi connectivity index (χ4n) is 6.41. The minimum absolute atomic E-state index is 0.203. The van der Waals surface area contributed by atoms with Crippen molar-refractivity contribution < 1.29 is 47.6 Å². The molecule has 0 aromatic rings. The van der Waals surface area contributed by atoms with Crippen LogP contribution in [-0.4, -0.2) is 76.7 Å². The second-order valence-electron chi connectivity index (χ2n) is 16.6. The molecule has 1 saturated carbocycles. The molecule has 0 N–H and O–H groups in total. The van der Waals surface area contributed by atoms with E-state index in [2.05, 4.69) is 88.5 Å². The van der Waals surface area contributed by atoms with Gasteiger partial charge in [0.05, 0.1) is 39.3 Å². The molecule has 0 amide bonds. The zero-order valence-corrected chi connectivity index (χ0v) is 48.8. The van der Waals surface area contributed by atoms with Gasteiger partial charge in [-0.15, -0.1) is 19.4 Å². The van der Waals surface area contributed by atoms with Gasteiger partial charge in [0.25, 0.3) is 0 Å². The first kappa shape index (κ1) is 76.0. The van der Waals surface area contributed by atoms with Gasteiger partial charge < -0.3 is 28.4 Å². The molecule has 1 fully saturated rings. The molecule has 0 radical (unpaired) electrons. The summed E-state index contributed by atoms with van der Waals surface area (Å²) in [5, 5.41) is 0. The topological polar surface area (TPSA) is 124 Å². The van der Waals surface area contributed by atoms with E-state index < -0.39 is 0 Å². The Balaban J connectivity index is -0.00000176. The minimum atomic E-state index is -0.380. The van der Waals surface area contributed by atoms with Crippen LogP contribution in [0.3, 0.4) is 0 Å². The molecule has 2 rings (SSSR count). The van der Waals surface area contributed by atoms with Crippen molar-refractivity contribution in [2.45, 2.75) is 185 Å². The van der Waals surface area contributed by atoms with Gasteiger partial charge in [-0.05, 0) is 127 Å². The molecule has 10 nitrogen and oxygen atoms in total. The van der Waals surface area contributed by atoms with E-state index in [1.165, 1.54) is 36.1 Å². The van der Waals surface area contributed by atoms with Crippen LogP contribution in [0.4, 0.5) is 0 Å². The Kier molecular flexibility index (Phi) is 61.9. The van der Waals surface area contributed by atoms with E-state index in [0.29, 0.717) is 52.0 Å². The second-order valence-corrected chi connectivity index (χ2v) is 16.6. The molecule has 0 saturated heterocycles. The van der Waals surface area contributed by atoms with Crippen LogP contribution in [0, 0.1) is 18.8 Å². The van der Waals surface area contributed by atoms with E-state index in [9.17, 15) is 19.2 Å². The van der Waals surface area contributed by atoms with Crippen molar-refractivity contribution in [2.75, 3.05) is 52.9 Å². The third-order valence-electron chi connectivity index (χ3n) is 10.8. The molecule has 0 aliphatic heterocycles. The summed E-state index contributed by atoms with van der Waals surface area (Å²) in [7, 11) is 0. The molecule has 0 unspecified atom stereocenters. The maximum absolute atomic E-state index is 12.8. The number of rotatable bonds is 35.